The summed E-state index contributed by atoms with van der Waals surface area (Å²) >= 11 is 0. The largest absolute Gasteiger partial charge is 0.452 e. The third-order valence-electron chi connectivity index (χ3n) is 5.62. The zero-order valence-corrected chi connectivity index (χ0v) is 19.0. The topological polar surface area (TPSA) is 68.3 Å². The van der Waals surface area contributed by atoms with E-state index < -0.39 is 5.97 Å². The lowest BCUT2D eigenvalue weighted by Crippen LogP contribution is -2.22. The lowest BCUT2D eigenvalue weighted by atomic mass is 10.0. The molecule has 0 spiro atoms. The second-order valence-electron chi connectivity index (χ2n) is 8.03. The van der Waals surface area contributed by atoms with E-state index in [1.165, 1.54) is 0 Å². The third kappa shape index (κ3) is 4.93. The minimum atomic E-state index is -0.558. The van der Waals surface area contributed by atoms with Crippen LogP contribution in [0.5, 0.6) is 0 Å². The van der Waals surface area contributed by atoms with Gasteiger partial charge in [0.2, 0.25) is 0 Å². The van der Waals surface area contributed by atoms with E-state index in [1.54, 1.807) is 6.07 Å². The fourth-order valence-corrected chi connectivity index (χ4v) is 3.80. The highest BCUT2D eigenvalue weighted by Crippen LogP contribution is 2.26. The molecule has 33 heavy (non-hydrogen) atoms. The summed E-state index contributed by atoms with van der Waals surface area (Å²) in [6.07, 6.45) is 0.794. The zero-order chi connectivity index (χ0) is 23.4. The molecule has 0 atom stereocenters. The summed E-state index contributed by atoms with van der Waals surface area (Å²) < 4.78 is 5.41. The minimum absolute atomic E-state index is 0.368. The van der Waals surface area contributed by atoms with Gasteiger partial charge in [0.1, 0.15) is 0 Å². The Morgan fingerprint density at radius 3 is 2.45 bits per heavy atom. The molecule has 0 saturated carbocycles. The molecule has 0 bridgehead atoms. The van der Waals surface area contributed by atoms with Gasteiger partial charge >= 0.3 is 5.97 Å². The van der Waals surface area contributed by atoms with Crippen molar-refractivity contribution >= 4 is 28.5 Å². The van der Waals surface area contributed by atoms with Crippen molar-refractivity contribution in [1.29, 1.82) is 0 Å². The molecule has 1 N–H and O–H groups in total. The van der Waals surface area contributed by atoms with Crippen LogP contribution in [0.1, 0.15) is 34.0 Å². The summed E-state index contributed by atoms with van der Waals surface area (Å²) in [4.78, 5) is 30.3. The van der Waals surface area contributed by atoms with Crippen LogP contribution < -0.4 is 5.32 Å². The van der Waals surface area contributed by atoms with Gasteiger partial charge in [-0.25, -0.2) is 9.78 Å². The molecule has 5 nitrogen and oxygen atoms in total. The molecule has 4 rings (SSSR count). The first kappa shape index (κ1) is 22.2. The predicted octanol–water partition coefficient (Wildman–Crippen LogP) is 5.88. The number of anilines is 1. The van der Waals surface area contributed by atoms with Gasteiger partial charge in [-0.05, 0) is 43.5 Å². The van der Waals surface area contributed by atoms with Crippen molar-refractivity contribution in [2.75, 3.05) is 11.9 Å². The number of carbonyl (C=O) groups is 2. The van der Waals surface area contributed by atoms with Crippen molar-refractivity contribution < 1.29 is 14.3 Å². The number of nitrogens with zero attached hydrogens (tertiary/aromatic N) is 1. The van der Waals surface area contributed by atoms with Crippen LogP contribution >= 0.6 is 0 Å². The van der Waals surface area contributed by atoms with Gasteiger partial charge < -0.3 is 10.1 Å². The number of aromatic nitrogens is 1. The van der Waals surface area contributed by atoms with Crippen LogP contribution in [0.3, 0.4) is 0 Å². The zero-order valence-electron chi connectivity index (χ0n) is 19.0. The highest BCUT2D eigenvalue weighted by atomic mass is 16.5. The monoisotopic (exact) mass is 438 g/mol. The van der Waals surface area contributed by atoms with Crippen LogP contribution in [0, 0.1) is 13.8 Å². The third-order valence-corrected chi connectivity index (χ3v) is 5.62. The van der Waals surface area contributed by atoms with Gasteiger partial charge in [-0.3, -0.25) is 4.79 Å². The lowest BCUT2D eigenvalue weighted by Gasteiger charge is -2.13. The van der Waals surface area contributed by atoms with Crippen LogP contribution in [0.15, 0.2) is 72.8 Å². The van der Waals surface area contributed by atoms with Crippen molar-refractivity contribution in [2.45, 2.75) is 27.2 Å². The van der Waals surface area contributed by atoms with Crippen molar-refractivity contribution in [2.24, 2.45) is 0 Å². The van der Waals surface area contributed by atoms with E-state index >= 15 is 0 Å². The maximum atomic E-state index is 13.0. The van der Waals surface area contributed by atoms with Crippen LogP contribution in [0.2, 0.25) is 0 Å². The fraction of sp³-hybridized carbons (Fsp3) is 0.179. The summed E-state index contributed by atoms with van der Waals surface area (Å²) in [7, 11) is 0. The number of para-hydroxylation sites is 2. The molecule has 3 aromatic carbocycles. The molecule has 1 heterocycles. The van der Waals surface area contributed by atoms with Gasteiger partial charge in [0, 0.05) is 16.6 Å². The molecular formula is C28H26N2O3. The number of hydrogen-bond donors (Lipinski definition) is 1. The Morgan fingerprint density at radius 2 is 1.70 bits per heavy atom. The Labute approximate surface area is 193 Å². The number of benzene rings is 3. The number of esters is 1. The van der Waals surface area contributed by atoms with Crippen LogP contribution in [-0.4, -0.2) is 23.5 Å². The Kier molecular flexibility index (Phi) is 6.50. The molecule has 166 valence electrons. The van der Waals surface area contributed by atoms with Crippen molar-refractivity contribution in [3.8, 4) is 11.3 Å². The first-order valence-corrected chi connectivity index (χ1v) is 11.0. The molecule has 4 aromatic rings. The molecule has 0 radical (unpaired) electrons. The van der Waals surface area contributed by atoms with Gasteiger partial charge in [-0.2, -0.15) is 0 Å². The number of rotatable bonds is 6. The normalized spacial score (nSPS) is 10.8. The van der Waals surface area contributed by atoms with Gasteiger partial charge in [0.05, 0.1) is 16.8 Å². The van der Waals surface area contributed by atoms with Crippen LogP contribution in [-0.2, 0) is 16.0 Å². The van der Waals surface area contributed by atoms with E-state index in [0.29, 0.717) is 22.2 Å². The lowest BCUT2D eigenvalue weighted by molar-refractivity contribution is -0.119. The van der Waals surface area contributed by atoms with Crippen LogP contribution in [0.4, 0.5) is 5.69 Å². The molecule has 1 amide bonds. The molecule has 0 unspecified atom stereocenters. The van der Waals surface area contributed by atoms with E-state index in [4.69, 9.17) is 9.72 Å². The smallest absolute Gasteiger partial charge is 0.339 e. The SMILES string of the molecule is CCc1cccc(C)c1NC(=O)COC(=O)c1cc(-c2ccc(C)cc2)nc2ccccc12. The van der Waals surface area contributed by atoms with Gasteiger partial charge in [-0.15, -0.1) is 0 Å². The fourth-order valence-electron chi connectivity index (χ4n) is 3.80. The Bertz CT molecular complexity index is 1330. The highest BCUT2D eigenvalue weighted by Gasteiger charge is 2.17. The molecular weight excluding hydrogens is 412 g/mol. The molecule has 5 heteroatoms. The number of hydrogen-bond acceptors (Lipinski definition) is 4. The van der Waals surface area contributed by atoms with Gasteiger partial charge in [0.15, 0.2) is 6.61 Å². The minimum Gasteiger partial charge on any atom is -0.452 e. The maximum Gasteiger partial charge on any atom is 0.339 e. The number of pyridine rings is 1. The first-order valence-electron chi connectivity index (χ1n) is 11.0. The van der Waals surface area contributed by atoms with Gasteiger partial charge in [-0.1, -0.05) is 73.2 Å². The van der Waals surface area contributed by atoms with Gasteiger partial charge in [0.25, 0.3) is 5.91 Å². The quantitative estimate of drug-likeness (QED) is 0.382. The van der Waals surface area contributed by atoms with E-state index in [9.17, 15) is 9.59 Å². The number of fused-ring (bicyclic) bond motifs is 1. The highest BCUT2D eigenvalue weighted by molar-refractivity contribution is 6.05. The Hall–Kier alpha value is -3.99. The molecule has 1 aromatic heterocycles. The first-order chi connectivity index (χ1) is 16.0. The molecule has 0 aliphatic carbocycles. The average molecular weight is 439 g/mol. The Morgan fingerprint density at radius 1 is 0.939 bits per heavy atom. The molecule has 0 aliphatic rings. The molecule has 0 saturated heterocycles. The van der Waals surface area contributed by atoms with E-state index in [2.05, 4.69) is 5.32 Å². The number of nitrogens with one attached hydrogen (secondary N) is 1. The molecule has 0 fully saturated rings. The van der Waals surface area contributed by atoms with Crippen molar-refractivity contribution in [3.05, 3.63) is 95.1 Å². The predicted molar refractivity (Wildman–Crippen MR) is 131 cm³/mol. The summed E-state index contributed by atoms with van der Waals surface area (Å²) in [6, 6.07) is 23.0. The van der Waals surface area contributed by atoms with E-state index in [1.807, 2.05) is 87.5 Å². The number of carbonyl (C=O) groups excluding carboxylic acids is 2. The second-order valence-corrected chi connectivity index (χ2v) is 8.03. The van der Waals surface area contributed by atoms with Crippen molar-refractivity contribution in [1.82, 2.24) is 4.98 Å². The summed E-state index contributed by atoms with van der Waals surface area (Å²) in [5.74, 6) is -0.929. The Balaban J connectivity index is 1.57. The van der Waals surface area contributed by atoms with E-state index in [-0.39, 0.29) is 12.5 Å². The molecule has 0 aliphatic heterocycles. The van der Waals surface area contributed by atoms with E-state index in [0.717, 1.165) is 34.4 Å². The summed E-state index contributed by atoms with van der Waals surface area (Å²) in [5, 5.41) is 3.57. The average Bonchev–Trinajstić information content (AvgIpc) is 2.83. The second kappa shape index (κ2) is 9.65. The standard InChI is InChI=1S/C28H26N2O3/c1-4-20-9-7-8-19(3)27(20)30-26(31)17-33-28(32)23-16-25(21-14-12-18(2)13-15-21)29-24-11-6-5-10-22(23)24/h5-16H,4,17H2,1-3H3,(H,30,31). The number of amides is 1. The summed E-state index contributed by atoms with van der Waals surface area (Å²) in [6.45, 7) is 5.62. The number of ether oxygens (including phenoxy) is 1. The van der Waals surface area contributed by atoms with Crippen molar-refractivity contribution in [3.63, 3.8) is 0 Å². The number of aryl methyl sites for hydroxylation is 3. The summed E-state index contributed by atoms with van der Waals surface area (Å²) in [5.41, 5.74) is 6.59. The van der Waals surface area contributed by atoms with Crippen LogP contribution in [0.25, 0.3) is 22.2 Å². The maximum absolute atomic E-state index is 13.0.